The number of rotatable bonds is 5. The second-order valence-corrected chi connectivity index (χ2v) is 3.93. The van der Waals surface area contributed by atoms with Crippen LogP contribution in [0.3, 0.4) is 0 Å². The smallest absolute Gasteiger partial charge is 0.222 e. The lowest BCUT2D eigenvalue weighted by Crippen LogP contribution is -2.25. The average Bonchev–Trinajstić information content (AvgIpc) is 2.83. The number of nitrogens with one attached hydrogen (secondary N) is 2. The normalized spacial score (nSPS) is 19.9. The molecule has 0 saturated carbocycles. The number of hydrogen-bond acceptors (Lipinski definition) is 5. The molecule has 2 rings (SSSR count). The largest absolute Gasteiger partial charge is 0.377 e. The van der Waals surface area contributed by atoms with Gasteiger partial charge in [-0.05, 0) is 12.8 Å². The Morgan fingerprint density at radius 3 is 2.88 bits per heavy atom. The van der Waals surface area contributed by atoms with Gasteiger partial charge in [-0.15, -0.1) is 0 Å². The Hall–Kier alpha value is -1.20. The summed E-state index contributed by atoms with van der Waals surface area (Å²) < 4.78 is 5.52. The van der Waals surface area contributed by atoms with Crippen LogP contribution >= 0.6 is 0 Å². The van der Waals surface area contributed by atoms with Crippen molar-refractivity contribution < 1.29 is 4.74 Å². The molecule has 0 radical (unpaired) electrons. The van der Waals surface area contributed by atoms with E-state index >= 15 is 0 Å². The summed E-state index contributed by atoms with van der Waals surface area (Å²) in [5.41, 5.74) is 1.09. The van der Waals surface area contributed by atoms with E-state index in [1.807, 2.05) is 19.4 Å². The maximum Gasteiger partial charge on any atom is 0.222 e. The van der Waals surface area contributed by atoms with Gasteiger partial charge in [0.25, 0.3) is 0 Å². The molecule has 1 aliphatic heterocycles. The van der Waals surface area contributed by atoms with Gasteiger partial charge in [0.1, 0.15) is 0 Å². The average molecular weight is 222 g/mol. The molecule has 2 heterocycles. The van der Waals surface area contributed by atoms with Gasteiger partial charge in [-0.2, -0.15) is 0 Å². The summed E-state index contributed by atoms with van der Waals surface area (Å²) in [7, 11) is 1.81. The maximum absolute atomic E-state index is 5.52. The lowest BCUT2D eigenvalue weighted by molar-refractivity contribution is 0.110. The number of ether oxygens (including phenoxy) is 1. The molecule has 1 aromatic heterocycles. The van der Waals surface area contributed by atoms with Crippen LogP contribution in [0.4, 0.5) is 5.95 Å². The van der Waals surface area contributed by atoms with Gasteiger partial charge >= 0.3 is 0 Å². The van der Waals surface area contributed by atoms with Gasteiger partial charge in [0.2, 0.25) is 5.95 Å². The van der Waals surface area contributed by atoms with Crippen molar-refractivity contribution in [1.82, 2.24) is 15.3 Å². The Balaban J connectivity index is 1.71. The molecule has 16 heavy (non-hydrogen) atoms. The third-order valence-corrected chi connectivity index (χ3v) is 2.65. The van der Waals surface area contributed by atoms with E-state index in [-0.39, 0.29) is 0 Å². The van der Waals surface area contributed by atoms with Crippen LogP contribution < -0.4 is 10.6 Å². The molecule has 1 saturated heterocycles. The van der Waals surface area contributed by atoms with Crippen molar-refractivity contribution in [3.63, 3.8) is 0 Å². The Kier molecular flexibility index (Phi) is 4.07. The minimum absolute atomic E-state index is 0.387. The van der Waals surface area contributed by atoms with E-state index < -0.39 is 0 Å². The first kappa shape index (κ1) is 11.3. The van der Waals surface area contributed by atoms with Gasteiger partial charge in [-0.1, -0.05) is 0 Å². The van der Waals surface area contributed by atoms with E-state index in [0.717, 1.165) is 25.3 Å². The van der Waals surface area contributed by atoms with Gasteiger partial charge in [-0.3, -0.25) is 0 Å². The Labute approximate surface area is 95.6 Å². The first-order valence-corrected chi connectivity index (χ1v) is 5.69. The van der Waals surface area contributed by atoms with Crippen molar-refractivity contribution in [3.8, 4) is 0 Å². The summed E-state index contributed by atoms with van der Waals surface area (Å²) in [4.78, 5) is 8.31. The van der Waals surface area contributed by atoms with Crippen molar-refractivity contribution >= 4 is 5.95 Å². The molecule has 2 N–H and O–H groups in total. The second kappa shape index (κ2) is 5.77. The van der Waals surface area contributed by atoms with Crippen LogP contribution in [0.25, 0.3) is 0 Å². The standard InChI is InChI=1S/C11H18N4O/c1-12-11-14-6-9(7-15-11)5-13-8-10-3-2-4-16-10/h6-7,10,13H,2-5,8H2,1H3,(H,12,14,15)/t10-/m1/s1. The molecule has 0 unspecified atom stereocenters. The molecule has 0 amide bonds. The molecular weight excluding hydrogens is 204 g/mol. The summed E-state index contributed by atoms with van der Waals surface area (Å²) in [5.74, 6) is 0.655. The minimum Gasteiger partial charge on any atom is -0.377 e. The highest BCUT2D eigenvalue weighted by Gasteiger charge is 2.14. The first-order chi connectivity index (χ1) is 7.88. The predicted octanol–water partition coefficient (Wildman–Crippen LogP) is 0.787. The molecule has 1 aromatic rings. The molecular formula is C11H18N4O. The van der Waals surface area contributed by atoms with Crippen LogP contribution in [0.5, 0.6) is 0 Å². The molecule has 0 bridgehead atoms. The van der Waals surface area contributed by atoms with E-state index in [4.69, 9.17) is 4.74 Å². The van der Waals surface area contributed by atoms with E-state index in [1.165, 1.54) is 12.8 Å². The second-order valence-electron chi connectivity index (χ2n) is 3.93. The topological polar surface area (TPSA) is 59.1 Å². The molecule has 0 spiro atoms. The van der Waals surface area contributed by atoms with Gasteiger partial charge in [-0.25, -0.2) is 9.97 Å². The van der Waals surface area contributed by atoms with Crippen LogP contribution in [0.2, 0.25) is 0 Å². The number of aromatic nitrogens is 2. The summed E-state index contributed by atoms with van der Waals surface area (Å²) in [6, 6.07) is 0. The zero-order valence-electron chi connectivity index (χ0n) is 9.57. The fraction of sp³-hybridized carbons (Fsp3) is 0.636. The molecule has 1 atom stereocenters. The van der Waals surface area contributed by atoms with Crippen molar-refractivity contribution in [2.24, 2.45) is 0 Å². The highest BCUT2D eigenvalue weighted by molar-refractivity contribution is 5.22. The SMILES string of the molecule is CNc1ncc(CNC[C@H]2CCCO2)cn1. The maximum atomic E-state index is 5.52. The van der Waals surface area contributed by atoms with Crippen molar-refractivity contribution in [3.05, 3.63) is 18.0 Å². The van der Waals surface area contributed by atoms with E-state index in [2.05, 4.69) is 20.6 Å². The van der Waals surface area contributed by atoms with Crippen molar-refractivity contribution in [2.75, 3.05) is 25.5 Å². The zero-order valence-corrected chi connectivity index (χ0v) is 9.57. The predicted molar refractivity (Wildman–Crippen MR) is 62.3 cm³/mol. The Morgan fingerprint density at radius 2 is 2.25 bits per heavy atom. The number of nitrogens with zero attached hydrogens (tertiary/aromatic N) is 2. The number of anilines is 1. The monoisotopic (exact) mass is 222 g/mol. The molecule has 0 aliphatic carbocycles. The summed E-state index contributed by atoms with van der Waals surface area (Å²) in [6.07, 6.45) is 6.41. The lowest BCUT2D eigenvalue weighted by Gasteiger charge is -2.10. The highest BCUT2D eigenvalue weighted by atomic mass is 16.5. The molecule has 88 valence electrons. The van der Waals surface area contributed by atoms with E-state index in [0.29, 0.717) is 12.1 Å². The molecule has 5 heteroatoms. The Bertz CT molecular complexity index is 308. The van der Waals surface area contributed by atoms with E-state index in [1.54, 1.807) is 0 Å². The summed E-state index contributed by atoms with van der Waals surface area (Å²) in [6.45, 7) is 2.62. The molecule has 0 aromatic carbocycles. The van der Waals surface area contributed by atoms with Gasteiger partial charge in [0.15, 0.2) is 0 Å². The molecule has 1 fully saturated rings. The highest BCUT2D eigenvalue weighted by Crippen LogP contribution is 2.10. The van der Waals surface area contributed by atoms with Gasteiger partial charge in [0.05, 0.1) is 6.10 Å². The molecule has 1 aliphatic rings. The zero-order chi connectivity index (χ0) is 11.2. The van der Waals surface area contributed by atoms with Crippen LogP contribution in [0.15, 0.2) is 12.4 Å². The van der Waals surface area contributed by atoms with Crippen LogP contribution in [-0.4, -0.2) is 36.3 Å². The Morgan fingerprint density at radius 1 is 1.44 bits per heavy atom. The third-order valence-electron chi connectivity index (χ3n) is 2.65. The summed E-state index contributed by atoms with van der Waals surface area (Å²) >= 11 is 0. The first-order valence-electron chi connectivity index (χ1n) is 5.69. The van der Waals surface area contributed by atoms with Crippen LogP contribution in [-0.2, 0) is 11.3 Å². The summed E-state index contributed by atoms with van der Waals surface area (Å²) in [5, 5.41) is 6.25. The van der Waals surface area contributed by atoms with Crippen LogP contribution in [0, 0.1) is 0 Å². The fourth-order valence-corrected chi connectivity index (χ4v) is 1.76. The molecule has 5 nitrogen and oxygen atoms in total. The van der Waals surface area contributed by atoms with Crippen LogP contribution in [0.1, 0.15) is 18.4 Å². The van der Waals surface area contributed by atoms with Crippen molar-refractivity contribution in [1.29, 1.82) is 0 Å². The lowest BCUT2D eigenvalue weighted by atomic mass is 10.2. The van der Waals surface area contributed by atoms with E-state index in [9.17, 15) is 0 Å². The number of hydrogen-bond donors (Lipinski definition) is 2. The quantitative estimate of drug-likeness (QED) is 0.771. The third kappa shape index (κ3) is 3.15. The van der Waals surface area contributed by atoms with Gasteiger partial charge < -0.3 is 15.4 Å². The minimum atomic E-state index is 0.387. The van der Waals surface area contributed by atoms with Crippen molar-refractivity contribution in [2.45, 2.75) is 25.5 Å². The fourth-order valence-electron chi connectivity index (χ4n) is 1.76. The van der Waals surface area contributed by atoms with Gasteiger partial charge in [0, 0.05) is 44.7 Å².